The van der Waals surface area contributed by atoms with Gasteiger partial charge in [0.15, 0.2) is 5.82 Å². The van der Waals surface area contributed by atoms with Gasteiger partial charge >= 0.3 is 5.97 Å². The van der Waals surface area contributed by atoms with E-state index in [0.717, 1.165) is 6.42 Å². The largest absolute Gasteiger partial charge is 0.481 e. The first-order valence-electron chi connectivity index (χ1n) is 4.76. The molecule has 1 atom stereocenters. The van der Waals surface area contributed by atoms with Gasteiger partial charge in [-0.05, 0) is 0 Å². The molecule has 5 nitrogen and oxygen atoms in total. The molecule has 0 aliphatic rings. The zero-order valence-electron chi connectivity index (χ0n) is 8.77. The van der Waals surface area contributed by atoms with Crippen LogP contribution in [0.5, 0.6) is 0 Å². The lowest BCUT2D eigenvalue weighted by Crippen LogP contribution is -2.06. The Kier molecular flexibility index (Phi) is 4.61. The number of aromatic nitrogens is 2. The summed E-state index contributed by atoms with van der Waals surface area (Å²) in [5.74, 6) is 1.07. The normalized spacial score (nSPS) is 12.7. The van der Waals surface area contributed by atoms with Crippen LogP contribution >= 0.6 is 11.8 Å². The Hall–Kier alpha value is -1.04. The first kappa shape index (κ1) is 12.0. The van der Waals surface area contributed by atoms with E-state index >= 15 is 0 Å². The molecule has 1 N–H and O–H groups in total. The Morgan fingerprint density at radius 3 is 2.93 bits per heavy atom. The quantitative estimate of drug-likeness (QED) is 0.802. The summed E-state index contributed by atoms with van der Waals surface area (Å²) in [7, 11) is 0. The van der Waals surface area contributed by atoms with Gasteiger partial charge in [-0.15, -0.1) is 11.8 Å². The van der Waals surface area contributed by atoms with Crippen LogP contribution in [0, 0.1) is 0 Å². The van der Waals surface area contributed by atoms with E-state index in [1.807, 2.05) is 13.8 Å². The molecule has 15 heavy (non-hydrogen) atoms. The number of hydrogen-bond donors (Lipinski definition) is 1. The third-order valence-corrected chi connectivity index (χ3v) is 2.93. The van der Waals surface area contributed by atoms with Crippen LogP contribution < -0.4 is 0 Å². The third kappa shape index (κ3) is 4.33. The summed E-state index contributed by atoms with van der Waals surface area (Å²) in [6.07, 6.45) is 0.880. The molecule has 6 heteroatoms. The molecule has 0 aliphatic carbocycles. The van der Waals surface area contributed by atoms with Gasteiger partial charge in [-0.2, -0.15) is 4.98 Å². The number of aryl methyl sites for hydroxylation is 1. The molecule has 0 bridgehead atoms. The molecule has 1 rings (SSSR count). The van der Waals surface area contributed by atoms with E-state index in [0.29, 0.717) is 17.5 Å². The molecule has 0 saturated heterocycles. The number of thioether (sulfide) groups is 1. The van der Waals surface area contributed by atoms with Crippen LogP contribution in [-0.4, -0.2) is 26.5 Å². The fourth-order valence-corrected chi connectivity index (χ4v) is 1.83. The highest BCUT2D eigenvalue weighted by atomic mass is 32.2. The second kappa shape index (κ2) is 5.75. The van der Waals surface area contributed by atoms with E-state index in [2.05, 4.69) is 10.1 Å². The molecule has 84 valence electrons. The molecule has 0 aliphatic heterocycles. The molecular formula is C9H14N2O3S. The molecule has 0 amide bonds. The number of rotatable bonds is 6. The number of carbonyl (C=O) groups is 1. The van der Waals surface area contributed by atoms with Crippen molar-refractivity contribution < 1.29 is 14.4 Å². The van der Waals surface area contributed by atoms with Crippen LogP contribution in [0.25, 0.3) is 0 Å². The molecule has 1 aromatic heterocycles. The molecule has 1 aromatic rings. The molecule has 1 heterocycles. The first-order valence-corrected chi connectivity index (χ1v) is 5.81. The monoisotopic (exact) mass is 230 g/mol. The van der Waals surface area contributed by atoms with Gasteiger partial charge in [-0.1, -0.05) is 19.0 Å². The van der Waals surface area contributed by atoms with Crippen molar-refractivity contribution in [1.29, 1.82) is 0 Å². The van der Waals surface area contributed by atoms with Crippen molar-refractivity contribution >= 4 is 17.7 Å². The lowest BCUT2D eigenvalue weighted by molar-refractivity contribution is -0.136. The van der Waals surface area contributed by atoms with Gasteiger partial charge in [0, 0.05) is 11.7 Å². The number of aliphatic carboxylic acids is 1. The minimum Gasteiger partial charge on any atom is -0.481 e. The van der Waals surface area contributed by atoms with Crippen molar-refractivity contribution in [3.63, 3.8) is 0 Å². The fourth-order valence-electron chi connectivity index (χ4n) is 1.01. The van der Waals surface area contributed by atoms with E-state index < -0.39 is 5.97 Å². The number of nitrogens with zero attached hydrogens (tertiary/aromatic N) is 2. The lowest BCUT2D eigenvalue weighted by Gasteiger charge is -2.05. The molecule has 0 radical (unpaired) electrons. The Morgan fingerprint density at radius 2 is 2.40 bits per heavy atom. The van der Waals surface area contributed by atoms with Gasteiger partial charge in [0.05, 0.1) is 12.2 Å². The van der Waals surface area contributed by atoms with Crippen LogP contribution in [0.15, 0.2) is 4.52 Å². The molecular weight excluding hydrogens is 216 g/mol. The Balaban J connectivity index is 2.33. The van der Waals surface area contributed by atoms with Crippen molar-refractivity contribution in [1.82, 2.24) is 10.1 Å². The van der Waals surface area contributed by atoms with E-state index in [9.17, 15) is 4.79 Å². The maximum Gasteiger partial charge on any atom is 0.304 e. The summed E-state index contributed by atoms with van der Waals surface area (Å²) in [6, 6.07) is 0. The summed E-state index contributed by atoms with van der Waals surface area (Å²) in [5.41, 5.74) is 0. The zero-order chi connectivity index (χ0) is 11.3. The van der Waals surface area contributed by atoms with Crippen LogP contribution in [0.3, 0.4) is 0 Å². The molecule has 0 spiro atoms. The van der Waals surface area contributed by atoms with Gasteiger partial charge in [0.2, 0.25) is 5.89 Å². The summed E-state index contributed by atoms with van der Waals surface area (Å²) in [4.78, 5) is 14.5. The summed E-state index contributed by atoms with van der Waals surface area (Å²) in [5, 5.41) is 12.4. The van der Waals surface area contributed by atoms with Gasteiger partial charge in [0.25, 0.3) is 0 Å². The Morgan fingerprint density at radius 1 is 1.67 bits per heavy atom. The molecule has 0 saturated carbocycles. The van der Waals surface area contributed by atoms with Crippen molar-refractivity contribution in [2.45, 2.75) is 37.7 Å². The van der Waals surface area contributed by atoms with Crippen molar-refractivity contribution in [2.75, 3.05) is 0 Å². The molecule has 1 unspecified atom stereocenters. The van der Waals surface area contributed by atoms with Gasteiger partial charge in [0.1, 0.15) is 0 Å². The van der Waals surface area contributed by atoms with Crippen LogP contribution in [0.1, 0.15) is 32.0 Å². The third-order valence-electron chi connectivity index (χ3n) is 1.77. The van der Waals surface area contributed by atoms with Crippen molar-refractivity contribution in [3.8, 4) is 0 Å². The Labute approximate surface area is 92.2 Å². The maximum absolute atomic E-state index is 10.4. The van der Waals surface area contributed by atoms with Crippen LogP contribution in [0.4, 0.5) is 0 Å². The summed E-state index contributed by atoms with van der Waals surface area (Å²) < 4.78 is 4.94. The SMILES string of the molecule is CCc1nc(CSC(C)CC(=O)O)no1. The zero-order valence-corrected chi connectivity index (χ0v) is 9.58. The van der Waals surface area contributed by atoms with Gasteiger partial charge < -0.3 is 9.63 Å². The van der Waals surface area contributed by atoms with Gasteiger partial charge in [-0.3, -0.25) is 4.79 Å². The molecule has 0 aromatic carbocycles. The van der Waals surface area contributed by atoms with Crippen LogP contribution in [0.2, 0.25) is 0 Å². The fraction of sp³-hybridized carbons (Fsp3) is 0.667. The maximum atomic E-state index is 10.4. The summed E-state index contributed by atoms with van der Waals surface area (Å²) in [6.45, 7) is 3.82. The lowest BCUT2D eigenvalue weighted by atomic mass is 10.3. The number of hydrogen-bond acceptors (Lipinski definition) is 5. The second-order valence-corrected chi connectivity index (χ2v) is 4.60. The van der Waals surface area contributed by atoms with E-state index in [1.54, 1.807) is 0 Å². The highest BCUT2D eigenvalue weighted by Crippen LogP contribution is 2.18. The average molecular weight is 230 g/mol. The predicted molar refractivity (Wildman–Crippen MR) is 56.7 cm³/mol. The average Bonchev–Trinajstić information content (AvgIpc) is 2.61. The van der Waals surface area contributed by atoms with Crippen molar-refractivity contribution in [3.05, 3.63) is 11.7 Å². The standard InChI is InChI=1S/C9H14N2O3S/c1-3-8-10-7(11-14-8)5-15-6(2)4-9(12)13/h6H,3-5H2,1-2H3,(H,12,13). The first-order chi connectivity index (χ1) is 7.11. The Bertz CT molecular complexity index is 327. The van der Waals surface area contributed by atoms with E-state index in [4.69, 9.17) is 9.63 Å². The predicted octanol–water partition coefficient (Wildman–Crippen LogP) is 1.73. The highest BCUT2D eigenvalue weighted by Gasteiger charge is 2.10. The van der Waals surface area contributed by atoms with E-state index in [-0.39, 0.29) is 11.7 Å². The molecule has 0 fully saturated rings. The highest BCUT2D eigenvalue weighted by molar-refractivity contribution is 7.99. The summed E-state index contributed by atoms with van der Waals surface area (Å²) >= 11 is 1.52. The van der Waals surface area contributed by atoms with E-state index in [1.165, 1.54) is 11.8 Å². The smallest absolute Gasteiger partial charge is 0.304 e. The van der Waals surface area contributed by atoms with Crippen LogP contribution in [-0.2, 0) is 17.0 Å². The number of carboxylic acids is 1. The minimum atomic E-state index is -0.780. The second-order valence-electron chi connectivity index (χ2n) is 3.18. The minimum absolute atomic E-state index is 0.0612. The number of carboxylic acid groups (broad SMARTS) is 1. The topological polar surface area (TPSA) is 76.2 Å². The van der Waals surface area contributed by atoms with Crippen molar-refractivity contribution in [2.24, 2.45) is 0 Å². The van der Waals surface area contributed by atoms with Gasteiger partial charge in [-0.25, -0.2) is 0 Å².